The molecule has 1 fully saturated rings. The van der Waals surface area contributed by atoms with Crippen molar-refractivity contribution in [2.24, 2.45) is 11.7 Å². The number of halogens is 1. The zero-order chi connectivity index (χ0) is 15.0. The second kappa shape index (κ2) is 5.45. The van der Waals surface area contributed by atoms with E-state index in [1.54, 1.807) is 36.2 Å². The quantitative estimate of drug-likeness (QED) is 0.943. The van der Waals surface area contributed by atoms with E-state index in [1.165, 1.54) is 6.07 Å². The van der Waals surface area contributed by atoms with Gasteiger partial charge in [0.1, 0.15) is 5.82 Å². The van der Waals surface area contributed by atoms with Gasteiger partial charge < -0.3 is 10.6 Å². The Labute approximate surface area is 123 Å². The van der Waals surface area contributed by atoms with Crippen molar-refractivity contribution in [3.05, 3.63) is 47.8 Å². The normalized spacial score (nSPS) is 21.1. The first kappa shape index (κ1) is 14.0. The van der Waals surface area contributed by atoms with Crippen LogP contribution in [0.15, 0.2) is 36.4 Å². The summed E-state index contributed by atoms with van der Waals surface area (Å²) in [7, 11) is 1.80. The molecule has 3 nitrogen and oxygen atoms in total. The van der Waals surface area contributed by atoms with Crippen LogP contribution in [0.25, 0.3) is 10.8 Å². The van der Waals surface area contributed by atoms with Gasteiger partial charge in [0.2, 0.25) is 0 Å². The molecule has 2 aromatic rings. The summed E-state index contributed by atoms with van der Waals surface area (Å²) in [5.41, 5.74) is 6.33. The van der Waals surface area contributed by atoms with Crippen LogP contribution in [0.1, 0.15) is 23.2 Å². The van der Waals surface area contributed by atoms with Gasteiger partial charge in [-0.05, 0) is 36.3 Å². The molecule has 0 atom stereocenters. The summed E-state index contributed by atoms with van der Waals surface area (Å²) in [6.45, 7) is 0.707. The molecule has 0 aromatic heterocycles. The maximum Gasteiger partial charge on any atom is 0.254 e. The first-order valence-corrected chi connectivity index (χ1v) is 7.24. The van der Waals surface area contributed by atoms with E-state index in [0.29, 0.717) is 28.8 Å². The van der Waals surface area contributed by atoms with E-state index in [2.05, 4.69) is 0 Å². The molecule has 0 bridgehead atoms. The average Bonchev–Trinajstić information content (AvgIpc) is 2.45. The molecule has 1 saturated carbocycles. The lowest BCUT2D eigenvalue weighted by Gasteiger charge is -2.35. The second-order valence-electron chi connectivity index (χ2n) is 5.92. The monoisotopic (exact) mass is 286 g/mol. The number of hydrogen-bond donors (Lipinski definition) is 1. The zero-order valence-corrected chi connectivity index (χ0v) is 12.1. The summed E-state index contributed by atoms with van der Waals surface area (Å²) < 4.78 is 13.8. The predicted octanol–water partition coefficient (Wildman–Crippen LogP) is 2.79. The number of amides is 1. The van der Waals surface area contributed by atoms with Crippen molar-refractivity contribution in [1.29, 1.82) is 0 Å². The Kier molecular flexibility index (Phi) is 3.64. The highest BCUT2D eigenvalue weighted by atomic mass is 19.1. The van der Waals surface area contributed by atoms with Gasteiger partial charge in [0, 0.05) is 30.6 Å². The lowest BCUT2D eigenvalue weighted by atomic mass is 9.80. The van der Waals surface area contributed by atoms with E-state index in [1.807, 2.05) is 6.07 Å². The Morgan fingerprint density at radius 2 is 1.90 bits per heavy atom. The number of hydrogen-bond acceptors (Lipinski definition) is 2. The molecule has 3 rings (SSSR count). The van der Waals surface area contributed by atoms with Crippen molar-refractivity contribution in [3.63, 3.8) is 0 Å². The zero-order valence-electron chi connectivity index (χ0n) is 12.1. The molecule has 0 spiro atoms. The summed E-state index contributed by atoms with van der Waals surface area (Å²) >= 11 is 0. The van der Waals surface area contributed by atoms with Crippen LogP contribution in [0.4, 0.5) is 4.39 Å². The maximum atomic E-state index is 13.8. The van der Waals surface area contributed by atoms with Gasteiger partial charge in [0.05, 0.1) is 0 Å². The predicted molar refractivity (Wildman–Crippen MR) is 81.6 cm³/mol. The van der Waals surface area contributed by atoms with Crippen LogP contribution in [0.3, 0.4) is 0 Å². The Balaban J connectivity index is 1.86. The van der Waals surface area contributed by atoms with Gasteiger partial charge in [-0.15, -0.1) is 0 Å². The summed E-state index contributed by atoms with van der Waals surface area (Å²) in [6, 6.07) is 10.3. The molecule has 110 valence electrons. The van der Waals surface area contributed by atoms with Gasteiger partial charge in [0.15, 0.2) is 0 Å². The van der Waals surface area contributed by atoms with E-state index >= 15 is 0 Å². The standard InChI is InChI=1S/C17H19FN2O/c1-20(10-11-8-12(19)9-11)17(21)15-6-7-16(18)14-5-3-2-4-13(14)15/h2-7,11-12H,8-10,19H2,1H3. The summed E-state index contributed by atoms with van der Waals surface area (Å²) in [5, 5.41) is 1.15. The largest absolute Gasteiger partial charge is 0.341 e. The van der Waals surface area contributed by atoms with Gasteiger partial charge in [-0.1, -0.05) is 24.3 Å². The molecule has 2 aromatic carbocycles. The molecule has 0 saturated heterocycles. The van der Waals surface area contributed by atoms with Crippen LogP contribution in [0, 0.1) is 11.7 Å². The molecular formula is C17H19FN2O. The molecule has 1 aliphatic rings. The Morgan fingerprint density at radius 1 is 1.24 bits per heavy atom. The maximum absolute atomic E-state index is 13.8. The topological polar surface area (TPSA) is 46.3 Å². The fraction of sp³-hybridized carbons (Fsp3) is 0.353. The van der Waals surface area contributed by atoms with Crippen molar-refractivity contribution in [3.8, 4) is 0 Å². The van der Waals surface area contributed by atoms with E-state index in [4.69, 9.17) is 5.73 Å². The average molecular weight is 286 g/mol. The fourth-order valence-corrected chi connectivity index (χ4v) is 3.06. The molecule has 0 heterocycles. The minimum Gasteiger partial charge on any atom is -0.341 e. The van der Waals surface area contributed by atoms with Gasteiger partial charge in [-0.2, -0.15) is 0 Å². The summed E-state index contributed by atoms with van der Waals surface area (Å²) in [4.78, 5) is 14.3. The van der Waals surface area contributed by atoms with E-state index in [0.717, 1.165) is 12.8 Å². The molecule has 1 amide bonds. The van der Waals surface area contributed by atoms with Crippen LogP contribution in [-0.2, 0) is 0 Å². The number of carbonyl (C=O) groups excluding carboxylic acids is 1. The summed E-state index contributed by atoms with van der Waals surface area (Å²) in [5.74, 6) is 0.127. The molecular weight excluding hydrogens is 267 g/mol. The summed E-state index contributed by atoms with van der Waals surface area (Å²) in [6.07, 6.45) is 1.95. The Bertz CT molecular complexity index is 680. The van der Waals surface area contributed by atoms with E-state index < -0.39 is 0 Å². The molecule has 2 N–H and O–H groups in total. The lowest BCUT2D eigenvalue weighted by Crippen LogP contribution is -2.43. The van der Waals surface area contributed by atoms with Gasteiger partial charge in [0.25, 0.3) is 5.91 Å². The Hall–Kier alpha value is -1.94. The van der Waals surface area contributed by atoms with E-state index in [-0.39, 0.29) is 17.8 Å². The van der Waals surface area contributed by atoms with Gasteiger partial charge >= 0.3 is 0 Å². The van der Waals surface area contributed by atoms with Crippen molar-refractivity contribution < 1.29 is 9.18 Å². The molecule has 0 unspecified atom stereocenters. The van der Waals surface area contributed by atoms with Crippen LogP contribution in [0.5, 0.6) is 0 Å². The highest BCUT2D eigenvalue weighted by Gasteiger charge is 2.28. The van der Waals surface area contributed by atoms with Gasteiger partial charge in [-0.3, -0.25) is 4.79 Å². The van der Waals surface area contributed by atoms with Crippen LogP contribution in [-0.4, -0.2) is 30.4 Å². The highest BCUT2D eigenvalue weighted by molar-refractivity contribution is 6.07. The fourth-order valence-electron chi connectivity index (χ4n) is 3.06. The number of rotatable bonds is 3. The minimum atomic E-state index is -0.297. The van der Waals surface area contributed by atoms with Crippen molar-refractivity contribution in [2.45, 2.75) is 18.9 Å². The SMILES string of the molecule is CN(CC1CC(N)C1)C(=O)c1ccc(F)c2ccccc12. The molecule has 0 aliphatic heterocycles. The van der Waals surface area contributed by atoms with Crippen molar-refractivity contribution in [1.82, 2.24) is 4.90 Å². The number of nitrogens with two attached hydrogens (primary N) is 1. The lowest BCUT2D eigenvalue weighted by molar-refractivity contribution is 0.0736. The highest BCUT2D eigenvalue weighted by Crippen LogP contribution is 2.27. The molecule has 0 radical (unpaired) electrons. The first-order valence-electron chi connectivity index (χ1n) is 7.24. The molecule has 1 aliphatic carbocycles. The number of fused-ring (bicyclic) bond motifs is 1. The minimum absolute atomic E-state index is 0.0633. The van der Waals surface area contributed by atoms with Crippen LogP contribution >= 0.6 is 0 Å². The molecule has 21 heavy (non-hydrogen) atoms. The Morgan fingerprint density at radius 3 is 2.57 bits per heavy atom. The second-order valence-corrected chi connectivity index (χ2v) is 5.92. The number of nitrogens with zero attached hydrogens (tertiary/aromatic N) is 1. The third-order valence-electron chi connectivity index (χ3n) is 4.25. The van der Waals surface area contributed by atoms with Crippen molar-refractivity contribution >= 4 is 16.7 Å². The first-order chi connectivity index (χ1) is 10.1. The third-order valence-corrected chi connectivity index (χ3v) is 4.25. The van der Waals surface area contributed by atoms with Crippen molar-refractivity contribution in [2.75, 3.05) is 13.6 Å². The number of carbonyl (C=O) groups is 1. The smallest absolute Gasteiger partial charge is 0.254 e. The molecule has 4 heteroatoms. The van der Waals surface area contributed by atoms with Crippen LogP contribution < -0.4 is 5.73 Å². The van der Waals surface area contributed by atoms with Gasteiger partial charge in [-0.25, -0.2) is 4.39 Å². The van der Waals surface area contributed by atoms with E-state index in [9.17, 15) is 9.18 Å². The van der Waals surface area contributed by atoms with Crippen LogP contribution in [0.2, 0.25) is 0 Å². The number of benzene rings is 2. The third kappa shape index (κ3) is 2.63.